The van der Waals surface area contributed by atoms with Gasteiger partial charge in [0.1, 0.15) is 5.82 Å². The predicted octanol–water partition coefficient (Wildman–Crippen LogP) is 2.52. The quantitative estimate of drug-likeness (QED) is 0.848. The molecule has 0 saturated heterocycles. The largest absolute Gasteiger partial charge is 0.399 e. The third-order valence-electron chi connectivity index (χ3n) is 2.68. The average Bonchev–Trinajstić information content (AvgIpc) is 2.35. The first-order valence-corrected chi connectivity index (χ1v) is 7.02. The van der Waals surface area contributed by atoms with Gasteiger partial charge in [0.25, 0.3) is 10.0 Å². The lowest BCUT2D eigenvalue weighted by atomic mass is 10.2. The van der Waals surface area contributed by atoms with Crippen molar-refractivity contribution in [2.45, 2.75) is 11.8 Å². The van der Waals surface area contributed by atoms with Crippen LogP contribution in [0.15, 0.2) is 47.4 Å². The number of nitrogens with two attached hydrogens (primary N) is 1. The van der Waals surface area contributed by atoms with Gasteiger partial charge in [0.05, 0.1) is 10.6 Å². The number of rotatable bonds is 3. The fourth-order valence-corrected chi connectivity index (χ4v) is 2.78. The summed E-state index contributed by atoms with van der Waals surface area (Å²) in [7, 11) is -3.77. The summed E-state index contributed by atoms with van der Waals surface area (Å²) in [5, 5.41) is 0. The third-order valence-corrected chi connectivity index (χ3v) is 4.04. The van der Waals surface area contributed by atoms with Crippen LogP contribution in [0, 0.1) is 12.7 Å². The van der Waals surface area contributed by atoms with Crippen LogP contribution in [0.5, 0.6) is 0 Å². The summed E-state index contributed by atoms with van der Waals surface area (Å²) >= 11 is 0. The molecule has 19 heavy (non-hydrogen) atoms. The van der Waals surface area contributed by atoms with E-state index in [9.17, 15) is 12.8 Å². The van der Waals surface area contributed by atoms with Crippen molar-refractivity contribution in [2.75, 3.05) is 10.5 Å². The van der Waals surface area contributed by atoms with E-state index in [4.69, 9.17) is 5.73 Å². The molecule has 0 aliphatic carbocycles. The van der Waals surface area contributed by atoms with E-state index in [0.29, 0.717) is 5.69 Å². The molecule has 4 nitrogen and oxygen atoms in total. The molecule has 0 amide bonds. The second-order valence-corrected chi connectivity index (χ2v) is 5.77. The number of nitrogens with one attached hydrogen (secondary N) is 1. The second kappa shape index (κ2) is 4.89. The number of nitrogen functional groups attached to an aromatic ring is 1. The summed E-state index contributed by atoms with van der Waals surface area (Å²) in [5.41, 5.74) is 6.35. The van der Waals surface area contributed by atoms with Crippen LogP contribution >= 0.6 is 0 Å². The van der Waals surface area contributed by atoms with Crippen molar-refractivity contribution in [3.8, 4) is 0 Å². The Labute approximate surface area is 111 Å². The van der Waals surface area contributed by atoms with Crippen molar-refractivity contribution in [3.05, 3.63) is 53.8 Å². The van der Waals surface area contributed by atoms with Crippen molar-refractivity contribution in [2.24, 2.45) is 0 Å². The Morgan fingerprint density at radius 3 is 2.53 bits per heavy atom. The summed E-state index contributed by atoms with van der Waals surface area (Å²) in [6.07, 6.45) is 0. The molecule has 6 heteroatoms. The van der Waals surface area contributed by atoms with E-state index in [1.165, 1.54) is 37.3 Å². The number of sulfonamides is 1. The highest BCUT2D eigenvalue weighted by atomic mass is 32.2. The van der Waals surface area contributed by atoms with Crippen LogP contribution < -0.4 is 10.5 Å². The zero-order valence-electron chi connectivity index (χ0n) is 10.2. The molecule has 0 saturated carbocycles. The average molecular weight is 280 g/mol. The van der Waals surface area contributed by atoms with Gasteiger partial charge in [-0.1, -0.05) is 12.1 Å². The van der Waals surface area contributed by atoms with Gasteiger partial charge in [-0.2, -0.15) is 0 Å². The van der Waals surface area contributed by atoms with Gasteiger partial charge in [-0.25, -0.2) is 12.8 Å². The fraction of sp³-hybridized carbons (Fsp3) is 0.0769. The summed E-state index contributed by atoms with van der Waals surface area (Å²) in [5.74, 6) is -0.465. The standard InChI is InChI=1S/C13H13FN2O2S/c1-9-12(14)6-3-7-13(9)16-19(17,18)11-5-2-4-10(15)8-11/h2-8,16H,15H2,1H3. The monoisotopic (exact) mass is 280 g/mol. The third kappa shape index (κ3) is 2.85. The van der Waals surface area contributed by atoms with Gasteiger partial charge in [-0.3, -0.25) is 4.72 Å². The topological polar surface area (TPSA) is 72.2 Å². The summed E-state index contributed by atoms with van der Waals surface area (Å²) in [4.78, 5) is 0.0381. The highest BCUT2D eigenvalue weighted by Gasteiger charge is 2.16. The molecule has 0 heterocycles. The minimum absolute atomic E-state index is 0.0381. The second-order valence-electron chi connectivity index (χ2n) is 4.09. The van der Waals surface area contributed by atoms with Crippen LogP contribution in [0.3, 0.4) is 0 Å². The maximum absolute atomic E-state index is 13.4. The lowest BCUT2D eigenvalue weighted by molar-refractivity contribution is 0.601. The minimum atomic E-state index is -3.77. The number of anilines is 2. The fourth-order valence-electron chi connectivity index (χ4n) is 1.60. The Hall–Kier alpha value is -2.08. The Balaban J connectivity index is 2.39. The predicted molar refractivity (Wildman–Crippen MR) is 72.8 cm³/mol. The smallest absolute Gasteiger partial charge is 0.261 e. The zero-order valence-corrected chi connectivity index (χ0v) is 11.0. The number of hydrogen-bond acceptors (Lipinski definition) is 3. The SMILES string of the molecule is Cc1c(F)cccc1NS(=O)(=O)c1cccc(N)c1. The number of benzene rings is 2. The van der Waals surface area contributed by atoms with Gasteiger partial charge < -0.3 is 5.73 Å². The Morgan fingerprint density at radius 2 is 1.84 bits per heavy atom. The molecule has 0 atom stereocenters. The Kier molecular flexibility index (Phi) is 3.44. The molecular weight excluding hydrogens is 267 g/mol. The van der Waals surface area contributed by atoms with E-state index in [1.54, 1.807) is 12.1 Å². The maximum atomic E-state index is 13.4. The highest BCUT2D eigenvalue weighted by molar-refractivity contribution is 7.92. The van der Waals surface area contributed by atoms with Crippen LogP contribution in [-0.4, -0.2) is 8.42 Å². The molecule has 100 valence electrons. The summed E-state index contributed by atoms with van der Waals surface area (Å²) < 4.78 is 40.0. The molecule has 0 unspecified atom stereocenters. The number of halogens is 1. The van der Waals surface area contributed by atoms with Crippen molar-refractivity contribution < 1.29 is 12.8 Å². The minimum Gasteiger partial charge on any atom is -0.399 e. The molecule has 0 bridgehead atoms. The van der Waals surface area contributed by atoms with E-state index in [2.05, 4.69) is 4.72 Å². The van der Waals surface area contributed by atoms with E-state index >= 15 is 0 Å². The molecule has 2 rings (SSSR count). The molecule has 0 fully saturated rings. The zero-order chi connectivity index (χ0) is 14.0. The van der Waals surface area contributed by atoms with Crippen molar-refractivity contribution >= 4 is 21.4 Å². The van der Waals surface area contributed by atoms with Crippen molar-refractivity contribution in [3.63, 3.8) is 0 Å². The van der Waals surface area contributed by atoms with E-state index < -0.39 is 15.8 Å². The van der Waals surface area contributed by atoms with Gasteiger partial charge >= 0.3 is 0 Å². The van der Waals surface area contributed by atoms with Gasteiger partial charge in [-0.05, 0) is 37.3 Å². The molecule has 0 aromatic heterocycles. The summed E-state index contributed by atoms with van der Waals surface area (Å²) in [6, 6.07) is 10.1. The van der Waals surface area contributed by atoms with Gasteiger partial charge in [0.2, 0.25) is 0 Å². The van der Waals surface area contributed by atoms with Gasteiger partial charge in [0, 0.05) is 11.3 Å². The Bertz CT molecular complexity index is 714. The van der Waals surface area contributed by atoms with Crippen LogP contribution in [0.25, 0.3) is 0 Å². The van der Waals surface area contributed by atoms with Crippen molar-refractivity contribution in [1.82, 2.24) is 0 Å². The Morgan fingerprint density at radius 1 is 1.16 bits per heavy atom. The van der Waals surface area contributed by atoms with E-state index in [-0.39, 0.29) is 16.1 Å². The van der Waals surface area contributed by atoms with Crippen LogP contribution in [0.2, 0.25) is 0 Å². The maximum Gasteiger partial charge on any atom is 0.261 e. The normalized spacial score (nSPS) is 11.3. The molecule has 2 aromatic carbocycles. The molecule has 0 spiro atoms. The highest BCUT2D eigenvalue weighted by Crippen LogP contribution is 2.22. The first-order valence-electron chi connectivity index (χ1n) is 5.53. The number of hydrogen-bond donors (Lipinski definition) is 2. The first kappa shape index (κ1) is 13.4. The van der Waals surface area contributed by atoms with E-state index in [0.717, 1.165) is 0 Å². The lowest BCUT2D eigenvalue weighted by Crippen LogP contribution is -2.14. The van der Waals surface area contributed by atoms with Crippen molar-refractivity contribution in [1.29, 1.82) is 0 Å². The molecular formula is C13H13FN2O2S. The molecule has 0 aliphatic rings. The molecule has 3 N–H and O–H groups in total. The van der Waals surface area contributed by atoms with Gasteiger partial charge in [0.15, 0.2) is 0 Å². The molecule has 0 aliphatic heterocycles. The lowest BCUT2D eigenvalue weighted by Gasteiger charge is -2.11. The van der Waals surface area contributed by atoms with Crippen LogP contribution in [0.1, 0.15) is 5.56 Å². The van der Waals surface area contributed by atoms with Crippen LogP contribution in [0.4, 0.5) is 15.8 Å². The first-order chi connectivity index (χ1) is 8.90. The van der Waals surface area contributed by atoms with E-state index in [1.807, 2.05) is 0 Å². The van der Waals surface area contributed by atoms with Crippen LogP contribution in [-0.2, 0) is 10.0 Å². The van der Waals surface area contributed by atoms with Gasteiger partial charge in [-0.15, -0.1) is 0 Å². The molecule has 2 aromatic rings. The summed E-state index contributed by atoms with van der Waals surface area (Å²) in [6.45, 7) is 1.51. The molecule has 0 radical (unpaired) electrons.